The minimum absolute atomic E-state index is 0. The summed E-state index contributed by atoms with van der Waals surface area (Å²) in [7, 11) is 2.88. The zero-order valence-electron chi connectivity index (χ0n) is 17.6. The largest absolute Gasteiger partial charge is 0.508 e. The molecule has 1 fully saturated rings. The smallest absolute Gasteiger partial charge is 0.255 e. The molecule has 10 nitrogen and oxygen atoms in total. The predicted octanol–water partition coefficient (Wildman–Crippen LogP) is -0.173. The number of primary amides is 1. The highest BCUT2D eigenvalue weighted by molar-refractivity contribution is 6.25. The quantitative estimate of drug-likeness (QED) is 0.314. The number of carbonyl (C=O) groups is 3. The SMILES string of the molecule is C=C1c2cccc(O)c2C(O)=C2C(=O)[C@]3(O)C(O)=C(C(N)=O)C(=O)[C@@H](N(C)C)[C@@H]3[C@@H](O)[C@@H]12.Cl. The molecule has 0 aromatic heterocycles. The third kappa shape index (κ3) is 2.88. The molecule has 1 amide bonds. The van der Waals surface area contributed by atoms with Crippen molar-refractivity contribution in [1.29, 1.82) is 0 Å². The topological polar surface area (TPSA) is 182 Å². The van der Waals surface area contributed by atoms with Crippen LogP contribution in [-0.2, 0) is 14.4 Å². The van der Waals surface area contributed by atoms with Crippen molar-refractivity contribution in [1.82, 2.24) is 4.90 Å². The minimum atomic E-state index is -2.94. The van der Waals surface area contributed by atoms with Crippen LogP contribution < -0.4 is 5.73 Å². The average Bonchev–Trinajstić information content (AvgIpc) is 2.70. The molecule has 7 N–H and O–H groups in total. The maximum Gasteiger partial charge on any atom is 0.255 e. The number of carbonyl (C=O) groups excluding carboxylic acids is 3. The summed E-state index contributed by atoms with van der Waals surface area (Å²) in [5, 5.41) is 54.7. The van der Waals surface area contributed by atoms with Crippen molar-refractivity contribution in [2.45, 2.75) is 17.7 Å². The van der Waals surface area contributed by atoms with Crippen molar-refractivity contribution < 1.29 is 39.9 Å². The molecule has 1 saturated carbocycles. The van der Waals surface area contributed by atoms with E-state index in [1.54, 1.807) is 0 Å². The van der Waals surface area contributed by atoms with E-state index in [-0.39, 0.29) is 34.9 Å². The number of rotatable bonds is 2. The number of ketones is 2. The van der Waals surface area contributed by atoms with Gasteiger partial charge in [-0.1, -0.05) is 18.7 Å². The number of likely N-dealkylation sites (N-methyl/N-ethyl adjacent to an activating group) is 1. The highest BCUT2D eigenvalue weighted by atomic mass is 35.5. The fourth-order valence-electron chi connectivity index (χ4n) is 5.21. The number of aliphatic hydroxyl groups is 4. The third-order valence-corrected chi connectivity index (χ3v) is 6.61. The summed E-state index contributed by atoms with van der Waals surface area (Å²) in [4.78, 5) is 39.8. The first-order chi connectivity index (χ1) is 14.9. The van der Waals surface area contributed by atoms with Crippen LogP contribution >= 0.6 is 12.4 Å². The van der Waals surface area contributed by atoms with Gasteiger partial charge in [0, 0.05) is 5.92 Å². The molecular formula is C22H23ClN2O8. The molecule has 1 aromatic rings. The first kappa shape index (κ1) is 24.5. The van der Waals surface area contributed by atoms with Gasteiger partial charge >= 0.3 is 0 Å². The number of amides is 1. The molecular weight excluding hydrogens is 456 g/mol. The standard InChI is InChI=1S/C22H22N2O8.ClH/c1-7-8-5-4-6-9(25)11(8)16(26)12-10(7)17(27)14-15(24(2)3)18(28)13(21(23)31)20(30)22(14,32)19(12)29;/h4-6,10,14-15,17,25-27,30,32H,1H2,2-3H3,(H2,23,31);1H/t10-,14+,15-,17-,22-;/m0./s1. The van der Waals surface area contributed by atoms with Crippen LogP contribution in [0.2, 0.25) is 0 Å². The lowest BCUT2D eigenvalue weighted by atomic mass is 9.55. The lowest BCUT2D eigenvalue weighted by molar-refractivity contribution is -0.166. The van der Waals surface area contributed by atoms with Gasteiger partial charge in [-0.15, -0.1) is 12.4 Å². The number of fused-ring (bicyclic) bond motifs is 3. The number of aliphatic hydroxyl groups excluding tert-OH is 3. The minimum Gasteiger partial charge on any atom is -0.508 e. The van der Waals surface area contributed by atoms with Crippen molar-refractivity contribution in [3.05, 3.63) is 52.8 Å². The summed E-state index contributed by atoms with van der Waals surface area (Å²) in [5.74, 6) is -8.78. The first-order valence-electron chi connectivity index (χ1n) is 9.71. The number of hydrogen-bond donors (Lipinski definition) is 6. The fourth-order valence-corrected chi connectivity index (χ4v) is 5.21. The molecule has 33 heavy (non-hydrogen) atoms. The van der Waals surface area contributed by atoms with E-state index < -0.39 is 69.7 Å². The zero-order chi connectivity index (χ0) is 23.9. The Morgan fingerprint density at radius 3 is 2.33 bits per heavy atom. The summed E-state index contributed by atoms with van der Waals surface area (Å²) in [6.45, 7) is 3.91. The average molecular weight is 479 g/mol. The van der Waals surface area contributed by atoms with Gasteiger partial charge < -0.3 is 31.3 Å². The molecule has 0 spiro atoms. The number of halogens is 1. The molecule has 11 heteroatoms. The molecule has 0 unspecified atom stereocenters. The maximum atomic E-state index is 13.6. The van der Waals surface area contributed by atoms with E-state index in [9.17, 15) is 39.9 Å². The lowest BCUT2D eigenvalue weighted by Crippen LogP contribution is -2.70. The second-order valence-electron chi connectivity index (χ2n) is 8.44. The van der Waals surface area contributed by atoms with E-state index in [0.717, 1.165) is 0 Å². The molecule has 1 aromatic carbocycles. The maximum absolute atomic E-state index is 13.6. The van der Waals surface area contributed by atoms with Gasteiger partial charge in [0.1, 0.15) is 22.8 Å². The van der Waals surface area contributed by atoms with E-state index in [1.807, 2.05) is 0 Å². The number of phenols is 1. The van der Waals surface area contributed by atoms with E-state index in [2.05, 4.69) is 6.58 Å². The number of nitrogens with two attached hydrogens (primary N) is 1. The zero-order valence-corrected chi connectivity index (χ0v) is 18.5. The number of nitrogens with zero attached hydrogens (tertiary/aromatic N) is 1. The molecule has 0 bridgehead atoms. The number of aromatic hydroxyl groups is 1. The Kier molecular flexibility index (Phi) is 5.71. The molecule has 0 aliphatic heterocycles. The van der Waals surface area contributed by atoms with Gasteiger partial charge in [-0.3, -0.25) is 19.3 Å². The van der Waals surface area contributed by atoms with Crippen molar-refractivity contribution in [2.24, 2.45) is 17.6 Å². The van der Waals surface area contributed by atoms with E-state index >= 15 is 0 Å². The fraction of sp³-hybridized carbons (Fsp3) is 0.318. The van der Waals surface area contributed by atoms with Gasteiger partial charge in [0.2, 0.25) is 5.78 Å². The second kappa shape index (κ2) is 7.70. The Balaban J connectivity index is 0.00000306. The van der Waals surface area contributed by atoms with Crippen LogP contribution in [-0.4, -0.2) is 79.7 Å². The van der Waals surface area contributed by atoms with Gasteiger partial charge in [0.05, 0.1) is 29.2 Å². The molecule has 5 atom stereocenters. The molecule has 176 valence electrons. The van der Waals surface area contributed by atoms with Crippen molar-refractivity contribution in [3.63, 3.8) is 0 Å². The van der Waals surface area contributed by atoms with E-state index in [0.29, 0.717) is 0 Å². The molecule has 3 aliphatic rings. The Morgan fingerprint density at radius 2 is 1.79 bits per heavy atom. The first-order valence-corrected chi connectivity index (χ1v) is 9.71. The van der Waals surface area contributed by atoms with Crippen LogP contribution in [0.5, 0.6) is 5.75 Å². The highest BCUT2D eigenvalue weighted by Crippen LogP contribution is 2.55. The molecule has 0 heterocycles. The number of benzene rings is 1. The second-order valence-corrected chi connectivity index (χ2v) is 8.44. The van der Waals surface area contributed by atoms with Gasteiger partial charge in [-0.05, 0) is 31.3 Å². The van der Waals surface area contributed by atoms with Crippen LogP contribution in [0.4, 0.5) is 0 Å². The predicted molar refractivity (Wildman–Crippen MR) is 118 cm³/mol. The Labute approximate surface area is 194 Å². The van der Waals surface area contributed by atoms with Crippen LogP contribution in [0.3, 0.4) is 0 Å². The van der Waals surface area contributed by atoms with E-state index in [4.69, 9.17) is 5.73 Å². The van der Waals surface area contributed by atoms with Gasteiger partial charge in [-0.25, -0.2) is 0 Å². The lowest BCUT2D eigenvalue weighted by Gasteiger charge is -2.52. The van der Waals surface area contributed by atoms with Gasteiger partial charge in [0.15, 0.2) is 11.4 Å². The Morgan fingerprint density at radius 1 is 1.18 bits per heavy atom. The number of Topliss-reactive ketones (excluding diaryl/α,β-unsaturated/α-hetero) is 2. The molecule has 3 aliphatic carbocycles. The van der Waals surface area contributed by atoms with E-state index in [1.165, 1.54) is 37.2 Å². The number of phenolic OH excluding ortho intramolecular Hbond substituents is 1. The van der Waals surface area contributed by atoms with Crippen LogP contribution in [0.1, 0.15) is 11.1 Å². The van der Waals surface area contributed by atoms with Crippen molar-refractivity contribution in [2.75, 3.05) is 14.1 Å². The summed E-state index contributed by atoms with van der Waals surface area (Å²) < 4.78 is 0. The van der Waals surface area contributed by atoms with Crippen molar-refractivity contribution >= 4 is 41.2 Å². The van der Waals surface area contributed by atoms with Crippen LogP contribution in [0, 0.1) is 11.8 Å². The normalized spacial score (nSPS) is 31.1. The summed E-state index contributed by atoms with van der Waals surface area (Å²) in [6.07, 6.45) is -1.69. The molecule has 4 rings (SSSR count). The van der Waals surface area contributed by atoms with Crippen molar-refractivity contribution in [3.8, 4) is 5.75 Å². The Bertz CT molecular complexity index is 1190. The highest BCUT2D eigenvalue weighted by Gasteiger charge is 2.68. The van der Waals surface area contributed by atoms with Gasteiger partial charge in [-0.2, -0.15) is 0 Å². The monoisotopic (exact) mass is 478 g/mol. The van der Waals surface area contributed by atoms with Crippen LogP contribution in [0.15, 0.2) is 41.7 Å². The van der Waals surface area contributed by atoms with Gasteiger partial charge in [0.25, 0.3) is 5.91 Å². The third-order valence-electron chi connectivity index (χ3n) is 6.61. The summed E-state index contributed by atoms with van der Waals surface area (Å²) in [6, 6.07) is 2.89. The molecule has 0 radical (unpaired) electrons. The number of hydrogen-bond acceptors (Lipinski definition) is 9. The van der Waals surface area contributed by atoms with Crippen LogP contribution in [0.25, 0.3) is 11.3 Å². The summed E-state index contributed by atoms with van der Waals surface area (Å²) in [5.41, 5.74) is 1.16. The molecule has 0 saturated heterocycles. The Hall–Kier alpha value is -3.18. The summed E-state index contributed by atoms with van der Waals surface area (Å²) >= 11 is 0.